The largest absolute Gasteiger partial charge is 0.489 e. The fourth-order valence-corrected chi connectivity index (χ4v) is 5.99. The normalized spacial score (nSPS) is 14.3. The van der Waals surface area contributed by atoms with Crippen LogP contribution in [-0.4, -0.2) is 50.0 Å². The first-order valence-electron chi connectivity index (χ1n) is 14.2. The molecular formula is C32H38FN3O5S. The Bertz CT molecular complexity index is 1430. The Kier molecular flexibility index (Phi) is 10.6. The molecular weight excluding hydrogens is 557 g/mol. The van der Waals surface area contributed by atoms with E-state index in [9.17, 15) is 22.4 Å². The number of anilines is 1. The molecule has 0 bridgehead atoms. The smallest absolute Gasteiger partial charge is 0.244 e. The van der Waals surface area contributed by atoms with E-state index in [0.717, 1.165) is 41.8 Å². The molecule has 1 N–H and O–H groups in total. The monoisotopic (exact) mass is 595 g/mol. The molecule has 0 aromatic heterocycles. The summed E-state index contributed by atoms with van der Waals surface area (Å²) < 4.78 is 46.2. The van der Waals surface area contributed by atoms with Gasteiger partial charge in [0.25, 0.3) is 0 Å². The quantitative estimate of drug-likeness (QED) is 0.299. The van der Waals surface area contributed by atoms with Crippen molar-refractivity contribution in [2.75, 3.05) is 17.1 Å². The summed E-state index contributed by atoms with van der Waals surface area (Å²) in [4.78, 5) is 28.6. The van der Waals surface area contributed by atoms with Crippen molar-refractivity contribution in [2.45, 2.75) is 64.3 Å². The maximum Gasteiger partial charge on any atom is 0.244 e. The van der Waals surface area contributed by atoms with Crippen LogP contribution >= 0.6 is 0 Å². The number of hydrogen-bond acceptors (Lipinski definition) is 5. The minimum absolute atomic E-state index is 0.0274. The number of sulfonamides is 1. The summed E-state index contributed by atoms with van der Waals surface area (Å²) in [7, 11) is -3.87. The molecule has 3 aromatic rings. The molecule has 0 heterocycles. The van der Waals surface area contributed by atoms with Crippen molar-refractivity contribution in [1.82, 2.24) is 10.2 Å². The van der Waals surface area contributed by atoms with E-state index in [1.165, 1.54) is 17.0 Å². The van der Waals surface area contributed by atoms with Gasteiger partial charge < -0.3 is 15.0 Å². The first-order valence-corrected chi connectivity index (χ1v) is 16.1. The SMILES string of the molecule is CCC(C(=O)NC1CCCC1)N(Cc1ccc(F)cc1)C(=O)CN(c1ccc(OCc2ccccc2)cc1)S(C)(=O)=O. The Morgan fingerprint density at radius 1 is 0.952 bits per heavy atom. The molecule has 1 aliphatic carbocycles. The third-order valence-corrected chi connectivity index (χ3v) is 8.55. The Morgan fingerprint density at radius 3 is 2.19 bits per heavy atom. The molecule has 0 spiro atoms. The summed E-state index contributed by atoms with van der Waals surface area (Å²) in [6.07, 6.45) is 5.23. The first kappa shape index (κ1) is 31.0. The fourth-order valence-electron chi connectivity index (χ4n) is 5.14. The van der Waals surface area contributed by atoms with Crippen molar-refractivity contribution < 1.29 is 27.1 Å². The molecule has 224 valence electrons. The zero-order valence-corrected chi connectivity index (χ0v) is 24.9. The lowest BCUT2D eigenvalue weighted by atomic mass is 10.1. The van der Waals surface area contributed by atoms with E-state index in [-0.39, 0.29) is 18.5 Å². The van der Waals surface area contributed by atoms with Gasteiger partial charge in [-0.15, -0.1) is 0 Å². The van der Waals surface area contributed by atoms with Crippen molar-refractivity contribution >= 4 is 27.5 Å². The zero-order chi connectivity index (χ0) is 30.1. The van der Waals surface area contributed by atoms with E-state index < -0.39 is 34.3 Å². The number of ether oxygens (including phenoxy) is 1. The van der Waals surface area contributed by atoms with Crippen LogP contribution in [0.15, 0.2) is 78.9 Å². The third kappa shape index (κ3) is 8.55. The van der Waals surface area contributed by atoms with Gasteiger partial charge in [-0.25, -0.2) is 12.8 Å². The molecule has 1 unspecified atom stereocenters. The molecule has 0 saturated heterocycles. The Morgan fingerprint density at radius 2 is 1.60 bits per heavy atom. The van der Waals surface area contributed by atoms with Crippen LogP contribution in [0.2, 0.25) is 0 Å². The lowest BCUT2D eigenvalue weighted by molar-refractivity contribution is -0.140. The zero-order valence-electron chi connectivity index (χ0n) is 24.0. The van der Waals surface area contributed by atoms with Gasteiger partial charge in [-0.2, -0.15) is 0 Å². The van der Waals surface area contributed by atoms with Gasteiger partial charge in [-0.05, 0) is 66.8 Å². The highest BCUT2D eigenvalue weighted by Gasteiger charge is 2.33. The van der Waals surface area contributed by atoms with Gasteiger partial charge in [0, 0.05) is 12.6 Å². The van der Waals surface area contributed by atoms with Crippen LogP contribution in [0, 0.1) is 5.82 Å². The number of amides is 2. The summed E-state index contributed by atoms with van der Waals surface area (Å²) in [5.41, 5.74) is 1.92. The minimum Gasteiger partial charge on any atom is -0.489 e. The van der Waals surface area contributed by atoms with Crippen LogP contribution in [0.5, 0.6) is 5.75 Å². The van der Waals surface area contributed by atoms with E-state index in [2.05, 4.69) is 5.32 Å². The predicted octanol–water partition coefficient (Wildman–Crippen LogP) is 5.04. The summed E-state index contributed by atoms with van der Waals surface area (Å²) in [6, 6.07) is 21.1. The first-order chi connectivity index (χ1) is 20.1. The number of carbonyl (C=O) groups is 2. The molecule has 8 nitrogen and oxygen atoms in total. The number of carbonyl (C=O) groups excluding carboxylic acids is 2. The third-order valence-electron chi connectivity index (χ3n) is 7.41. The fraction of sp³-hybridized carbons (Fsp3) is 0.375. The number of halogens is 1. The molecule has 1 atom stereocenters. The second kappa shape index (κ2) is 14.3. The summed E-state index contributed by atoms with van der Waals surface area (Å²) in [5.74, 6) is -0.676. The Labute approximate surface area is 247 Å². The van der Waals surface area contributed by atoms with E-state index in [4.69, 9.17) is 4.74 Å². The number of nitrogens with zero attached hydrogens (tertiary/aromatic N) is 2. The van der Waals surface area contributed by atoms with Gasteiger partial charge in [0.05, 0.1) is 11.9 Å². The van der Waals surface area contributed by atoms with E-state index in [1.54, 1.807) is 36.4 Å². The maximum absolute atomic E-state index is 13.9. The highest BCUT2D eigenvalue weighted by molar-refractivity contribution is 7.92. The lowest BCUT2D eigenvalue weighted by Gasteiger charge is -2.33. The van der Waals surface area contributed by atoms with Gasteiger partial charge in [0.1, 0.15) is 30.8 Å². The average Bonchev–Trinajstić information content (AvgIpc) is 3.49. The number of rotatable bonds is 13. The maximum atomic E-state index is 13.9. The van der Waals surface area contributed by atoms with Crippen molar-refractivity contribution in [1.29, 1.82) is 0 Å². The van der Waals surface area contributed by atoms with Crippen molar-refractivity contribution in [3.05, 3.63) is 95.8 Å². The van der Waals surface area contributed by atoms with E-state index in [1.807, 2.05) is 37.3 Å². The van der Waals surface area contributed by atoms with Crippen LogP contribution < -0.4 is 14.4 Å². The Balaban J connectivity index is 1.54. The van der Waals surface area contributed by atoms with Crippen LogP contribution in [0.3, 0.4) is 0 Å². The highest BCUT2D eigenvalue weighted by Crippen LogP contribution is 2.24. The molecule has 0 aliphatic heterocycles. The van der Waals surface area contributed by atoms with Crippen molar-refractivity contribution in [3.8, 4) is 5.75 Å². The molecule has 0 radical (unpaired) electrons. The van der Waals surface area contributed by atoms with Crippen LogP contribution in [0.4, 0.5) is 10.1 Å². The lowest BCUT2D eigenvalue weighted by Crippen LogP contribution is -2.53. The van der Waals surface area contributed by atoms with Gasteiger partial charge in [-0.3, -0.25) is 13.9 Å². The average molecular weight is 596 g/mol. The number of hydrogen-bond donors (Lipinski definition) is 1. The van der Waals surface area contributed by atoms with E-state index in [0.29, 0.717) is 30.0 Å². The molecule has 1 saturated carbocycles. The summed E-state index contributed by atoms with van der Waals surface area (Å²) in [6.45, 7) is 1.69. The molecule has 2 amide bonds. The standard InChI is InChI=1S/C32H38FN3O5S/c1-3-30(32(38)34-27-11-7-8-12-27)35(21-24-13-15-26(33)16-14-24)31(37)22-36(42(2,39)40)28-17-19-29(20-18-28)41-23-25-9-5-4-6-10-25/h4-6,9-10,13-20,27,30H,3,7-8,11-12,21-23H2,1-2H3,(H,34,38). The Hall–Kier alpha value is -3.92. The predicted molar refractivity (Wildman–Crippen MR) is 161 cm³/mol. The second-order valence-corrected chi connectivity index (χ2v) is 12.5. The van der Waals surface area contributed by atoms with Gasteiger partial charge in [0.15, 0.2) is 0 Å². The molecule has 1 aliphatic rings. The minimum atomic E-state index is -3.87. The second-order valence-electron chi connectivity index (χ2n) is 10.6. The van der Waals surface area contributed by atoms with E-state index >= 15 is 0 Å². The van der Waals surface area contributed by atoms with Crippen LogP contribution in [0.1, 0.15) is 50.2 Å². The number of benzene rings is 3. The number of nitrogens with one attached hydrogen (secondary N) is 1. The van der Waals surface area contributed by atoms with Crippen LogP contribution in [0.25, 0.3) is 0 Å². The van der Waals surface area contributed by atoms with Gasteiger partial charge in [-0.1, -0.05) is 62.2 Å². The summed E-state index contributed by atoms with van der Waals surface area (Å²) in [5, 5.41) is 3.07. The molecule has 4 rings (SSSR count). The van der Waals surface area contributed by atoms with Gasteiger partial charge >= 0.3 is 0 Å². The summed E-state index contributed by atoms with van der Waals surface area (Å²) >= 11 is 0. The van der Waals surface area contributed by atoms with Gasteiger partial charge in [0.2, 0.25) is 21.8 Å². The van der Waals surface area contributed by atoms with Crippen molar-refractivity contribution in [2.24, 2.45) is 0 Å². The molecule has 10 heteroatoms. The van der Waals surface area contributed by atoms with Crippen LogP contribution in [-0.2, 0) is 32.8 Å². The topological polar surface area (TPSA) is 96.0 Å². The highest BCUT2D eigenvalue weighted by atomic mass is 32.2. The van der Waals surface area contributed by atoms with Crippen molar-refractivity contribution in [3.63, 3.8) is 0 Å². The molecule has 1 fully saturated rings. The molecule has 42 heavy (non-hydrogen) atoms. The molecule has 3 aromatic carbocycles.